The topological polar surface area (TPSA) is 94.8 Å². The van der Waals surface area contributed by atoms with Crippen LogP contribution >= 0.6 is 0 Å². The lowest BCUT2D eigenvalue weighted by molar-refractivity contribution is 0.245. The van der Waals surface area contributed by atoms with Crippen LogP contribution in [0.15, 0.2) is 60.7 Å². The average Bonchev–Trinajstić information content (AvgIpc) is 3.30. The Morgan fingerprint density at radius 3 is 1.94 bits per heavy atom. The van der Waals surface area contributed by atoms with E-state index in [1.165, 1.54) is 11.7 Å². The molecule has 180 valence electrons. The lowest BCUT2D eigenvalue weighted by atomic mass is 10.0. The number of hydrogen-bond acceptors (Lipinski definition) is 6. The van der Waals surface area contributed by atoms with Crippen molar-refractivity contribution in [2.75, 3.05) is 28.4 Å². The third kappa shape index (κ3) is 4.38. The molecule has 4 aromatic rings. The quantitative estimate of drug-likeness (QED) is 0.404. The molecule has 3 aromatic carbocycles. The number of methoxy groups -OCH3 is 3. The number of ether oxygens (including phenoxy) is 3. The molecule has 1 heterocycles. The van der Waals surface area contributed by atoms with E-state index in [1.54, 1.807) is 40.3 Å². The Hall–Kier alpha value is -4.46. The second-order valence-corrected chi connectivity index (χ2v) is 7.82. The van der Waals surface area contributed by atoms with Crippen LogP contribution in [-0.2, 0) is 0 Å². The van der Waals surface area contributed by atoms with Crippen molar-refractivity contribution < 1.29 is 24.1 Å². The van der Waals surface area contributed by atoms with Crippen molar-refractivity contribution >= 4 is 6.03 Å². The van der Waals surface area contributed by atoms with Crippen LogP contribution in [-0.4, -0.2) is 49.1 Å². The van der Waals surface area contributed by atoms with Gasteiger partial charge in [-0.3, -0.25) is 0 Å². The van der Waals surface area contributed by atoms with Gasteiger partial charge in [0.15, 0.2) is 11.5 Å². The SMILES string of the molecule is CNC(=O)n1c(-c2cc(C)c(O)c(OC)c2)nc(-c2ccc(OC)cc2)c1-c1ccc(OC)cc1. The molecule has 0 aliphatic rings. The largest absolute Gasteiger partial charge is 0.504 e. The van der Waals surface area contributed by atoms with Gasteiger partial charge in [-0.05, 0) is 73.2 Å². The van der Waals surface area contributed by atoms with Gasteiger partial charge in [0.1, 0.15) is 17.3 Å². The van der Waals surface area contributed by atoms with Crippen LogP contribution in [0.2, 0.25) is 0 Å². The Bertz CT molecular complexity index is 1360. The van der Waals surface area contributed by atoms with Gasteiger partial charge >= 0.3 is 6.03 Å². The molecule has 8 nitrogen and oxygen atoms in total. The van der Waals surface area contributed by atoms with Crippen LogP contribution in [0.25, 0.3) is 33.9 Å². The predicted octanol–water partition coefficient (Wildman–Crippen LogP) is 5.11. The van der Waals surface area contributed by atoms with Gasteiger partial charge in [0, 0.05) is 23.7 Å². The summed E-state index contributed by atoms with van der Waals surface area (Å²) in [5, 5.41) is 13.1. The number of aromatic hydroxyl groups is 1. The number of aryl methyl sites for hydroxylation is 1. The number of phenolic OH excluding ortho intramolecular Hbond substituents is 1. The molecule has 0 saturated heterocycles. The number of carbonyl (C=O) groups excluding carboxylic acids is 1. The van der Waals surface area contributed by atoms with Crippen molar-refractivity contribution in [3.63, 3.8) is 0 Å². The van der Waals surface area contributed by atoms with Crippen LogP contribution in [0.4, 0.5) is 4.79 Å². The summed E-state index contributed by atoms with van der Waals surface area (Å²) in [6.45, 7) is 1.77. The van der Waals surface area contributed by atoms with E-state index in [-0.39, 0.29) is 11.8 Å². The van der Waals surface area contributed by atoms with Crippen molar-refractivity contribution in [2.24, 2.45) is 0 Å². The molecule has 0 saturated carbocycles. The van der Waals surface area contributed by atoms with Crippen LogP contribution in [0.5, 0.6) is 23.0 Å². The van der Waals surface area contributed by atoms with Gasteiger partial charge in [-0.25, -0.2) is 14.3 Å². The zero-order valence-corrected chi connectivity index (χ0v) is 20.2. The van der Waals surface area contributed by atoms with Crippen LogP contribution in [0.3, 0.4) is 0 Å². The highest BCUT2D eigenvalue weighted by molar-refractivity contribution is 5.93. The van der Waals surface area contributed by atoms with Crippen molar-refractivity contribution in [1.82, 2.24) is 14.9 Å². The van der Waals surface area contributed by atoms with Gasteiger partial charge in [0.05, 0.1) is 32.7 Å². The normalized spacial score (nSPS) is 10.7. The minimum Gasteiger partial charge on any atom is -0.504 e. The number of benzene rings is 3. The van der Waals surface area contributed by atoms with Gasteiger partial charge in [-0.15, -0.1) is 0 Å². The Labute approximate surface area is 203 Å². The van der Waals surface area contributed by atoms with Gasteiger partial charge in [0.2, 0.25) is 0 Å². The molecule has 35 heavy (non-hydrogen) atoms. The zero-order chi connectivity index (χ0) is 25.1. The monoisotopic (exact) mass is 473 g/mol. The summed E-state index contributed by atoms with van der Waals surface area (Å²) < 4.78 is 17.5. The summed E-state index contributed by atoms with van der Waals surface area (Å²) in [4.78, 5) is 18.2. The third-order valence-corrected chi connectivity index (χ3v) is 5.76. The highest BCUT2D eigenvalue weighted by Gasteiger charge is 2.26. The van der Waals surface area contributed by atoms with E-state index in [1.807, 2.05) is 48.5 Å². The van der Waals surface area contributed by atoms with Crippen LogP contribution in [0, 0.1) is 6.92 Å². The Morgan fingerprint density at radius 2 is 1.43 bits per heavy atom. The average molecular weight is 474 g/mol. The standard InChI is InChI=1S/C27H27N3O5/c1-16-14-19(15-22(35-5)25(16)31)26-29-23(17-6-10-20(33-3)11-7-17)24(30(26)27(32)28-2)18-8-12-21(34-4)13-9-18/h6-15,31H,1-5H3,(H,28,32). The maximum absolute atomic E-state index is 13.3. The fourth-order valence-corrected chi connectivity index (χ4v) is 3.92. The number of phenols is 1. The minimum atomic E-state index is -0.359. The van der Waals surface area contributed by atoms with Gasteiger partial charge < -0.3 is 24.6 Å². The van der Waals surface area contributed by atoms with Gasteiger partial charge in [-0.1, -0.05) is 0 Å². The molecule has 0 radical (unpaired) electrons. The molecule has 0 aliphatic carbocycles. The van der Waals surface area contributed by atoms with Gasteiger partial charge in [-0.2, -0.15) is 0 Å². The number of aromatic nitrogens is 2. The molecule has 1 aromatic heterocycles. The molecule has 2 N–H and O–H groups in total. The van der Waals surface area contributed by atoms with Crippen molar-refractivity contribution in [2.45, 2.75) is 6.92 Å². The van der Waals surface area contributed by atoms with Crippen molar-refractivity contribution in [1.29, 1.82) is 0 Å². The maximum atomic E-state index is 13.3. The van der Waals surface area contributed by atoms with Gasteiger partial charge in [0.25, 0.3) is 0 Å². The lowest BCUT2D eigenvalue weighted by Gasteiger charge is -2.13. The molecule has 0 unspecified atom stereocenters. The highest BCUT2D eigenvalue weighted by atomic mass is 16.5. The molecule has 0 fully saturated rings. The number of nitrogens with zero attached hydrogens (tertiary/aromatic N) is 2. The first-order chi connectivity index (χ1) is 16.9. The fourth-order valence-electron chi connectivity index (χ4n) is 3.92. The smallest absolute Gasteiger partial charge is 0.327 e. The van der Waals surface area contributed by atoms with Crippen LogP contribution in [0.1, 0.15) is 5.56 Å². The highest BCUT2D eigenvalue weighted by Crippen LogP contribution is 2.40. The Balaban J connectivity index is 2.06. The summed E-state index contributed by atoms with van der Waals surface area (Å²) in [7, 11) is 6.26. The summed E-state index contributed by atoms with van der Waals surface area (Å²) >= 11 is 0. The van der Waals surface area contributed by atoms with E-state index in [2.05, 4.69) is 5.32 Å². The van der Waals surface area contributed by atoms with E-state index >= 15 is 0 Å². The number of amides is 1. The molecule has 1 amide bonds. The van der Waals surface area contributed by atoms with Crippen molar-refractivity contribution in [3.8, 4) is 56.9 Å². The Kier molecular flexibility index (Phi) is 6.64. The molecule has 0 bridgehead atoms. The molecule has 8 heteroatoms. The van der Waals surface area contributed by atoms with E-state index in [0.29, 0.717) is 45.6 Å². The Morgan fingerprint density at radius 1 is 0.857 bits per heavy atom. The van der Waals surface area contributed by atoms with E-state index in [4.69, 9.17) is 19.2 Å². The second-order valence-electron chi connectivity index (χ2n) is 7.82. The number of hydrogen-bond donors (Lipinski definition) is 2. The molecule has 0 spiro atoms. The zero-order valence-electron chi connectivity index (χ0n) is 20.2. The van der Waals surface area contributed by atoms with Crippen LogP contribution < -0.4 is 19.5 Å². The number of imidazole rings is 1. The second kappa shape index (κ2) is 9.80. The van der Waals surface area contributed by atoms with E-state index in [9.17, 15) is 9.90 Å². The number of nitrogens with one attached hydrogen (secondary N) is 1. The maximum Gasteiger partial charge on any atom is 0.327 e. The number of rotatable bonds is 6. The molecule has 0 aliphatic heterocycles. The number of carbonyl (C=O) groups is 1. The lowest BCUT2D eigenvalue weighted by Crippen LogP contribution is -2.26. The fraction of sp³-hybridized carbons (Fsp3) is 0.185. The summed E-state index contributed by atoms with van der Waals surface area (Å²) in [6, 6.07) is 18.0. The van der Waals surface area contributed by atoms with E-state index in [0.717, 1.165) is 11.1 Å². The van der Waals surface area contributed by atoms with E-state index < -0.39 is 0 Å². The van der Waals surface area contributed by atoms with Crippen molar-refractivity contribution in [3.05, 3.63) is 66.2 Å². The molecule has 0 atom stereocenters. The first-order valence-electron chi connectivity index (χ1n) is 10.9. The third-order valence-electron chi connectivity index (χ3n) is 5.76. The summed E-state index contributed by atoms with van der Waals surface area (Å²) in [6.07, 6.45) is 0. The molecular weight excluding hydrogens is 446 g/mol. The summed E-state index contributed by atoms with van der Waals surface area (Å²) in [5.41, 5.74) is 4.03. The minimum absolute atomic E-state index is 0.0417. The first-order valence-corrected chi connectivity index (χ1v) is 10.9. The summed E-state index contributed by atoms with van der Waals surface area (Å²) in [5.74, 6) is 2.15. The first kappa shape index (κ1) is 23.7. The molecular formula is C27H27N3O5. The molecule has 4 rings (SSSR count). The predicted molar refractivity (Wildman–Crippen MR) is 134 cm³/mol.